The van der Waals surface area contributed by atoms with Crippen molar-refractivity contribution in [3.05, 3.63) is 82.7 Å². The molecule has 26 heavy (non-hydrogen) atoms. The smallest absolute Gasteiger partial charge is 0.257 e. The van der Waals surface area contributed by atoms with Crippen LogP contribution >= 0.6 is 23.2 Å². The molecule has 0 fully saturated rings. The largest absolute Gasteiger partial charge is 0.322 e. The molecule has 0 bridgehead atoms. The highest BCUT2D eigenvalue weighted by atomic mass is 35.5. The van der Waals surface area contributed by atoms with Crippen LogP contribution in [0.4, 0.5) is 5.69 Å². The second kappa shape index (κ2) is 6.78. The van der Waals surface area contributed by atoms with Crippen molar-refractivity contribution in [2.75, 3.05) is 5.32 Å². The number of imidazole rings is 1. The van der Waals surface area contributed by atoms with E-state index >= 15 is 0 Å². The van der Waals surface area contributed by atoms with E-state index in [2.05, 4.69) is 15.3 Å². The fraction of sp³-hybridized carbons (Fsp3) is 0. The second-order valence-electron chi connectivity index (χ2n) is 5.59. The molecule has 2 aromatic carbocycles. The summed E-state index contributed by atoms with van der Waals surface area (Å²) in [4.78, 5) is 21.1. The fourth-order valence-corrected chi connectivity index (χ4v) is 2.96. The molecule has 2 aromatic heterocycles. The lowest BCUT2D eigenvalue weighted by atomic mass is 10.1. The molecule has 0 saturated carbocycles. The van der Waals surface area contributed by atoms with E-state index in [1.54, 1.807) is 24.4 Å². The number of carbonyl (C=O) groups is 1. The zero-order valence-corrected chi connectivity index (χ0v) is 14.9. The van der Waals surface area contributed by atoms with Gasteiger partial charge in [0.25, 0.3) is 5.91 Å². The summed E-state index contributed by atoms with van der Waals surface area (Å²) in [6, 6.07) is 14.2. The Morgan fingerprint density at radius 1 is 1.04 bits per heavy atom. The van der Waals surface area contributed by atoms with E-state index in [1.165, 1.54) is 0 Å². The van der Waals surface area contributed by atoms with E-state index in [0.717, 1.165) is 11.3 Å². The summed E-state index contributed by atoms with van der Waals surface area (Å²) in [5.74, 6) is 0.317. The molecule has 128 valence electrons. The highest BCUT2D eigenvalue weighted by Crippen LogP contribution is 2.27. The minimum absolute atomic E-state index is 0.237. The summed E-state index contributed by atoms with van der Waals surface area (Å²) >= 11 is 12.0. The Hall–Kier alpha value is -2.89. The Labute approximate surface area is 159 Å². The van der Waals surface area contributed by atoms with E-state index in [9.17, 15) is 4.79 Å². The summed E-state index contributed by atoms with van der Waals surface area (Å²) in [5, 5.41) is 3.39. The van der Waals surface area contributed by atoms with Gasteiger partial charge in [-0.25, -0.2) is 9.97 Å². The number of hydrogen-bond acceptors (Lipinski definition) is 3. The Morgan fingerprint density at radius 2 is 1.85 bits per heavy atom. The molecule has 0 aliphatic heterocycles. The number of benzene rings is 2. The minimum Gasteiger partial charge on any atom is -0.322 e. The Kier molecular flexibility index (Phi) is 4.32. The average Bonchev–Trinajstić information content (AvgIpc) is 3.08. The van der Waals surface area contributed by atoms with Crippen LogP contribution in [0, 0.1) is 0 Å². The van der Waals surface area contributed by atoms with Crippen molar-refractivity contribution in [3.8, 4) is 11.3 Å². The zero-order chi connectivity index (χ0) is 18.1. The van der Waals surface area contributed by atoms with Gasteiger partial charge in [0, 0.05) is 29.8 Å². The number of carbonyl (C=O) groups excluding carboxylic acids is 1. The van der Waals surface area contributed by atoms with Gasteiger partial charge in [-0.3, -0.25) is 9.20 Å². The van der Waals surface area contributed by atoms with Crippen molar-refractivity contribution in [1.29, 1.82) is 0 Å². The number of halogens is 2. The molecule has 0 saturated heterocycles. The van der Waals surface area contributed by atoms with Gasteiger partial charge in [0.2, 0.25) is 5.78 Å². The zero-order valence-electron chi connectivity index (χ0n) is 13.4. The summed E-state index contributed by atoms with van der Waals surface area (Å²) in [7, 11) is 0. The molecule has 0 radical (unpaired) electrons. The SMILES string of the molecule is O=C(Nc1ccc(-c2cn3cccnc3n2)cc1)c1cccc(Cl)c1Cl. The van der Waals surface area contributed by atoms with Crippen LogP contribution in [0.3, 0.4) is 0 Å². The maximum absolute atomic E-state index is 12.4. The molecule has 4 rings (SSSR count). The molecule has 0 aliphatic carbocycles. The van der Waals surface area contributed by atoms with Crippen LogP contribution in [-0.4, -0.2) is 20.3 Å². The predicted molar refractivity (Wildman–Crippen MR) is 103 cm³/mol. The monoisotopic (exact) mass is 382 g/mol. The Morgan fingerprint density at radius 3 is 2.62 bits per heavy atom. The first kappa shape index (κ1) is 16.6. The number of amides is 1. The third kappa shape index (κ3) is 3.14. The van der Waals surface area contributed by atoms with Crippen molar-refractivity contribution in [1.82, 2.24) is 14.4 Å². The van der Waals surface area contributed by atoms with Gasteiger partial charge in [-0.2, -0.15) is 0 Å². The van der Waals surface area contributed by atoms with E-state index in [4.69, 9.17) is 23.2 Å². The van der Waals surface area contributed by atoms with Crippen LogP contribution in [0.2, 0.25) is 10.0 Å². The molecule has 0 aliphatic rings. The van der Waals surface area contributed by atoms with Crippen LogP contribution in [0.25, 0.3) is 17.0 Å². The summed E-state index contributed by atoms with van der Waals surface area (Å²) in [6.45, 7) is 0. The number of hydrogen-bond donors (Lipinski definition) is 1. The van der Waals surface area contributed by atoms with Gasteiger partial charge in [0.15, 0.2) is 0 Å². The predicted octanol–water partition coefficient (Wildman–Crippen LogP) is 4.96. The summed E-state index contributed by atoms with van der Waals surface area (Å²) in [6.07, 6.45) is 5.50. The molecule has 4 aromatic rings. The highest BCUT2D eigenvalue weighted by molar-refractivity contribution is 6.44. The second-order valence-corrected chi connectivity index (χ2v) is 6.37. The van der Waals surface area contributed by atoms with Gasteiger partial charge in [0.1, 0.15) is 0 Å². The molecule has 1 N–H and O–H groups in total. The number of nitrogens with zero attached hydrogens (tertiary/aromatic N) is 3. The average molecular weight is 383 g/mol. The summed E-state index contributed by atoms with van der Waals surface area (Å²) in [5.41, 5.74) is 2.71. The molecular formula is C19H12Cl2N4O. The number of rotatable bonds is 3. The van der Waals surface area contributed by atoms with Crippen LogP contribution in [0.1, 0.15) is 10.4 Å². The van der Waals surface area contributed by atoms with E-state index in [-0.39, 0.29) is 10.9 Å². The number of fused-ring (bicyclic) bond motifs is 1. The lowest BCUT2D eigenvalue weighted by molar-refractivity contribution is 0.102. The number of aromatic nitrogens is 3. The van der Waals surface area contributed by atoms with E-state index < -0.39 is 0 Å². The van der Waals surface area contributed by atoms with Crippen molar-refractivity contribution in [3.63, 3.8) is 0 Å². The first-order valence-corrected chi connectivity index (χ1v) is 8.53. The van der Waals surface area contributed by atoms with Crippen molar-refractivity contribution < 1.29 is 4.79 Å². The van der Waals surface area contributed by atoms with E-state index in [1.807, 2.05) is 47.1 Å². The van der Waals surface area contributed by atoms with Crippen LogP contribution < -0.4 is 5.32 Å². The first-order valence-electron chi connectivity index (χ1n) is 7.77. The van der Waals surface area contributed by atoms with Gasteiger partial charge in [0.05, 0.1) is 21.3 Å². The highest BCUT2D eigenvalue weighted by Gasteiger charge is 2.13. The molecule has 0 atom stereocenters. The van der Waals surface area contributed by atoms with Gasteiger partial charge in [-0.05, 0) is 30.3 Å². The molecule has 0 spiro atoms. The maximum atomic E-state index is 12.4. The van der Waals surface area contributed by atoms with Crippen LogP contribution in [0.15, 0.2) is 67.1 Å². The third-order valence-electron chi connectivity index (χ3n) is 3.87. The minimum atomic E-state index is -0.317. The molecule has 2 heterocycles. The van der Waals surface area contributed by atoms with Crippen LogP contribution in [-0.2, 0) is 0 Å². The lowest BCUT2D eigenvalue weighted by Crippen LogP contribution is -2.12. The lowest BCUT2D eigenvalue weighted by Gasteiger charge is -2.08. The van der Waals surface area contributed by atoms with Gasteiger partial charge >= 0.3 is 0 Å². The third-order valence-corrected chi connectivity index (χ3v) is 4.69. The Bertz CT molecular complexity index is 1070. The van der Waals surface area contributed by atoms with Crippen molar-refractivity contribution >= 4 is 40.6 Å². The van der Waals surface area contributed by atoms with Crippen LogP contribution in [0.5, 0.6) is 0 Å². The summed E-state index contributed by atoms with van der Waals surface area (Å²) < 4.78 is 1.85. The molecule has 5 nitrogen and oxygen atoms in total. The molecule has 1 amide bonds. The first-order chi connectivity index (χ1) is 12.6. The van der Waals surface area contributed by atoms with Gasteiger partial charge in [-0.15, -0.1) is 0 Å². The van der Waals surface area contributed by atoms with Gasteiger partial charge < -0.3 is 5.32 Å². The molecular weight excluding hydrogens is 371 g/mol. The quantitative estimate of drug-likeness (QED) is 0.544. The van der Waals surface area contributed by atoms with E-state index in [0.29, 0.717) is 22.1 Å². The van der Waals surface area contributed by atoms with Crippen molar-refractivity contribution in [2.45, 2.75) is 0 Å². The number of nitrogens with one attached hydrogen (secondary N) is 1. The van der Waals surface area contributed by atoms with Gasteiger partial charge in [-0.1, -0.05) is 41.4 Å². The standard InChI is InChI=1S/C19H12Cl2N4O/c20-15-4-1-3-14(17(15)21)18(26)23-13-7-5-12(6-8-13)16-11-25-10-2-9-22-19(25)24-16/h1-11H,(H,23,26). The fourth-order valence-electron chi connectivity index (χ4n) is 2.57. The van der Waals surface area contributed by atoms with Crippen molar-refractivity contribution in [2.24, 2.45) is 0 Å². The molecule has 0 unspecified atom stereocenters. The Balaban J connectivity index is 1.56. The topological polar surface area (TPSA) is 59.3 Å². The number of anilines is 1. The molecule has 7 heteroatoms. The maximum Gasteiger partial charge on any atom is 0.257 e. The normalized spacial score (nSPS) is 10.8.